The third-order valence-electron chi connectivity index (χ3n) is 6.91. The van der Waals surface area contributed by atoms with Gasteiger partial charge in [0.2, 0.25) is 0 Å². The minimum Gasteiger partial charge on any atom is -0.507 e. The Kier molecular flexibility index (Phi) is 5.07. The number of carbonyl (C=O) groups is 2. The number of aryl methyl sites for hydroxylation is 2. The van der Waals surface area contributed by atoms with Gasteiger partial charge in [-0.15, -0.1) is 11.3 Å². The summed E-state index contributed by atoms with van der Waals surface area (Å²) >= 11 is 1.48. The van der Waals surface area contributed by atoms with E-state index >= 15 is 0 Å². The monoisotopic (exact) mass is 465 g/mol. The van der Waals surface area contributed by atoms with Crippen LogP contribution in [0.1, 0.15) is 40.5 Å². The van der Waals surface area contributed by atoms with Crippen LogP contribution in [0.3, 0.4) is 0 Å². The molecule has 2 heterocycles. The summed E-state index contributed by atoms with van der Waals surface area (Å²) in [6.45, 7) is 0. The van der Waals surface area contributed by atoms with Gasteiger partial charge in [-0.3, -0.25) is 14.5 Å². The Morgan fingerprint density at radius 2 is 1.68 bits per heavy atom. The van der Waals surface area contributed by atoms with Gasteiger partial charge < -0.3 is 5.11 Å². The second kappa shape index (κ2) is 8.26. The van der Waals surface area contributed by atoms with Crippen molar-refractivity contribution in [3.8, 4) is 0 Å². The van der Waals surface area contributed by atoms with Crippen LogP contribution in [-0.4, -0.2) is 16.8 Å². The second-order valence-corrected chi connectivity index (χ2v) is 9.85. The smallest absolute Gasteiger partial charge is 0.300 e. The topological polar surface area (TPSA) is 57.6 Å². The van der Waals surface area contributed by atoms with E-state index in [4.69, 9.17) is 0 Å². The van der Waals surface area contributed by atoms with E-state index in [0.29, 0.717) is 11.3 Å². The van der Waals surface area contributed by atoms with Crippen LogP contribution in [0.25, 0.3) is 16.5 Å². The van der Waals surface area contributed by atoms with Gasteiger partial charge in [0.15, 0.2) is 0 Å². The molecule has 1 N–H and O–H groups in total. The third-order valence-corrected chi connectivity index (χ3v) is 7.83. The maximum Gasteiger partial charge on any atom is 0.300 e. The molecule has 1 saturated heterocycles. The molecule has 0 spiro atoms. The van der Waals surface area contributed by atoms with Crippen molar-refractivity contribution in [1.82, 2.24) is 0 Å². The number of carbonyl (C=O) groups excluding carboxylic acids is 2. The minimum absolute atomic E-state index is 0.104. The van der Waals surface area contributed by atoms with Crippen LogP contribution in [0.5, 0.6) is 0 Å². The number of rotatable bonds is 3. The van der Waals surface area contributed by atoms with Crippen LogP contribution in [-0.2, 0) is 22.4 Å². The number of amides is 1. The Morgan fingerprint density at radius 1 is 0.882 bits per heavy atom. The fourth-order valence-electron chi connectivity index (χ4n) is 5.25. The zero-order valence-electron chi connectivity index (χ0n) is 18.5. The zero-order valence-corrected chi connectivity index (χ0v) is 19.3. The molecule has 3 aromatic carbocycles. The van der Waals surface area contributed by atoms with E-state index < -0.39 is 17.7 Å². The molecular formula is C29H23NO3S. The summed E-state index contributed by atoms with van der Waals surface area (Å²) in [5.74, 6) is -1.37. The predicted molar refractivity (Wildman–Crippen MR) is 136 cm³/mol. The fourth-order valence-corrected chi connectivity index (χ4v) is 6.08. The summed E-state index contributed by atoms with van der Waals surface area (Å²) in [4.78, 5) is 29.3. The van der Waals surface area contributed by atoms with Crippen molar-refractivity contribution >= 4 is 45.2 Å². The molecule has 6 rings (SSSR count). The molecule has 5 heteroatoms. The number of thiophene rings is 1. The first-order chi connectivity index (χ1) is 16.6. The highest BCUT2D eigenvalue weighted by molar-refractivity contribution is 7.10. The van der Waals surface area contributed by atoms with Crippen molar-refractivity contribution in [2.45, 2.75) is 31.7 Å². The van der Waals surface area contributed by atoms with Gasteiger partial charge in [0, 0.05) is 15.8 Å². The number of fused-ring (bicyclic) bond motifs is 2. The van der Waals surface area contributed by atoms with E-state index in [-0.39, 0.29) is 11.3 Å². The summed E-state index contributed by atoms with van der Waals surface area (Å²) in [5.41, 5.74) is 3.93. The highest BCUT2D eigenvalue weighted by Crippen LogP contribution is 2.45. The number of anilines is 1. The second-order valence-electron chi connectivity index (χ2n) is 8.87. The van der Waals surface area contributed by atoms with Gasteiger partial charge in [0.05, 0.1) is 11.3 Å². The summed E-state index contributed by atoms with van der Waals surface area (Å²) in [7, 11) is 0. The number of Topliss-reactive ketones (excluding diaryl/α,β-unsaturated/α-hetero) is 1. The maximum absolute atomic E-state index is 13.5. The van der Waals surface area contributed by atoms with E-state index in [0.717, 1.165) is 34.9 Å². The Bertz CT molecular complexity index is 1460. The molecule has 1 unspecified atom stereocenters. The van der Waals surface area contributed by atoms with E-state index in [9.17, 15) is 14.7 Å². The number of hydrogen-bond acceptors (Lipinski definition) is 4. The van der Waals surface area contributed by atoms with Crippen molar-refractivity contribution in [3.05, 3.63) is 105 Å². The van der Waals surface area contributed by atoms with E-state index in [2.05, 4.69) is 0 Å². The molecule has 4 nitrogen and oxygen atoms in total. The first kappa shape index (κ1) is 20.9. The summed E-state index contributed by atoms with van der Waals surface area (Å²) < 4.78 is 0. The summed E-state index contributed by atoms with van der Waals surface area (Å²) in [6.07, 6.45) is 4.30. The molecule has 2 aliphatic rings. The molecule has 1 fully saturated rings. The SMILES string of the molecule is O=C1C(=O)N(c2cccc3ccccc23)C(c2cccs2)/C1=C(/O)c1ccc2c(c1)CCCC2. The van der Waals surface area contributed by atoms with Crippen LogP contribution < -0.4 is 4.90 Å². The Morgan fingerprint density at radius 3 is 2.50 bits per heavy atom. The quantitative estimate of drug-likeness (QED) is 0.216. The van der Waals surface area contributed by atoms with Gasteiger partial charge in [0.25, 0.3) is 11.7 Å². The number of nitrogens with zero attached hydrogens (tertiary/aromatic N) is 1. The van der Waals surface area contributed by atoms with Gasteiger partial charge in [-0.2, -0.15) is 0 Å². The van der Waals surface area contributed by atoms with Crippen LogP contribution in [0.4, 0.5) is 5.69 Å². The first-order valence-corrected chi connectivity index (χ1v) is 12.5. The highest BCUT2D eigenvalue weighted by atomic mass is 32.1. The third kappa shape index (κ3) is 3.27. The van der Waals surface area contributed by atoms with Gasteiger partial charge in [-0.25, -0.2) is 0 Å². The fraction of sp³-hybridized carbons (Fsp3) is 0.172. The van der Waals surface area contributed by atoms with Crippen LogP contribution in [0.15, 0.2) is 83.7 Å². The lowest BCUT2D eigenvalue weighted by Gasteiger charge is -2.25. The van der Waals surface area contributed by atoms with Crippen LogP contribution >= 0.6 is 11.3 Å². The standard InChI is InChI=1S/C29H23NO3S/c31-27(21-15-14-18-7-1-2-9-20(18)17-21)25-26(24-13-6-16-34-24)30(29(33)28(25)32)23-12-5-10-19-8-3-4-11-22(19)23/h3-6,8,10-17,26,31H,1-2,7,9H2/b27-25-. The van der Waals surface area contributed by atoms with Crippen molar-refractivity contribution in [2.24, 2.45) is 0 Å². The Hall–Kier alpha value is -3.70. The molecule has 0 saturated carbocycles. The van der Waals surface area contributed by atoms with Crippen molar-refractivity contribution in [1.29, 1.82) is 0 Å². The van der Waals surface area contributed by atoms with E-state index in [1.54, 1.807) is 4.90 Å². The Balaban J connectivity index is 1.56. The largest absolute Gasteiger partial charge is 0.507 e. The van der Waals surface area contributed by atoms with Crippen LogP contribution in [0.2, 0.25) is 0 Å². The lowest BCUT2D eigenvalue weighted by atomic mass is 9.89. The van der Waals surface area contributed by atoms with Crippen LogP contribution in [0, 0.1) is 0 Å². The normalized spacial score (nSPS) is 19.5. The van der Waals surface area contributed by atoms with Gasteiger partial charge >= 0.3 is 0 Å². The van der Waals surface area contributed by atoms with Gasteiger partial charge in [-0.05, 0) is 65.8 Å². The molecule has 1 aliphatic carbocycles. The number of aliphatic hydroxyl groups is 1. The molecular weight excluding hydrogens is 442 g/mol. The first-order valence-electron chi connectivity index (χ1n) is 11.6. The molecule has 0 radical (unpaired) electrons. The van der Waals surface area contributed by atoms with Gasteiger partial charge in [-0.1, -0.05) is 54.6 Å². The maximum atomic E-state index is 13.5. The molecule has 1 aromatic heterocycles. The molecule has 168 valence electrons. The lowest BCUT2D eigenvalue weighted by Crippen LogP contribution is -2.29. The molecule has 0 bridgehead atoms. The summed E-state index contributed by atoms with van der Waals surface area (Å²) in [6, 6.07) is 22.6. The molecule has 1 amide bonds. The minimum atomic E-state index is -0.679. The average molecular weight is 466 g/mol. The average Bonchev–Trinajstić information content (AvgIpc) is 3.50. The number of hydrogen-bond donors (Lipinski definition) is 1. The van der Waals surface area contributed by atoms with E-state index in [1.807, 2.05) is 78.2 Å². The number of ketones is 1. The Labute approximate surface area is 201 Å². The molecule has 1 atom stereocenters. The zero-order chi connectivity index (χ0) is 23.2. The summed E-state index contributed by atoms with van der Waals surface area (Å²) in [5, 5.41) is 15.2. The van der Waals surface area contributed by atoms with Gasteiger partial charge in [0.1, 0.15) is 11.8 Å². The van der Waals surface area contributed by atoms with Crippen molar-refractivity contribution in [3.63, 3.8) is 0 Å². The number of benzene rings is 3. The molecule has 1 aliphatic heterocycles. The lowest BCUT2D eigenvalue weighted by molar-refractivity contribution is -0.132. The van der Waals surface area contributed by atoms with E-state index in [1.165, 1.54) is 28.9 Å². The van der Waals surface area contributed by atoms with Crippen molar-refractivity contribution in [2.75, 3.05) is 4.90 Å². The molecule has 4 aromatic rings. The highest BCUT2D eigenvalue weighted by Gasteiger charge is 2.47. The molecule has 34 heavy (non-hydrogen) atoms. The number of aliphatic hydroxyl groups excluding tert-OH is 1. The predicted octanol–water partition coefficient (Wildman–Crippen LogP) is 6.41. The van der Waals surface area contributed by atoms with Crippen molar-refractivity contribution < 1.29 is 14.7 Å².